The van der Waals surface area contributed by atoms with Gasteiger partial charge in [0.05, 0.1) is 24.0 Å². The van der Waals surface area contributed by atoms with Crippen LogP contribution in [0.25, 0.3) is 0 Å². The molecule has 36 heavy (non-hydrogen) atoms. The van der Waals surface area contributed by atoms with Crippen LogP contribution in [0.2, 0.25) is 0 Å². The van der Waals surface area contributed by atoms with Crippen LogP contribution >= 0.6 is 11.8 Å². The summed E-state index contributed by atoms with van der Waals surface area (Å²) in [4.78, 5) is 11.6. The maximum atomic E-state index is 14.0. The van der Waals surface area contributed by atoms with E-state index in [1.54, 1.807) is 25.1 Å². The highest BCUT2D eigenvalue weighted by Crippen LogP contribution is 2.39. The predicted molar refractivity (Wildman–Crippen MR) is 128 cm³/mol. The molecule has 0 radical (unpaired) electrons. The lowest BCUT2D eigenvalue weighted by Gasteiger charge is -2.19. The van der Waals surface area contributed by atoms with Gasteiger partial charge < -0.3 is 19.3 Å². The largest absolute Gasteiger partial charge is 0.493 e. The van der Waals surface area contributed by atoms with Crippen molar-refractivity contribution in [2.75, 3.05) is 12.4 Å². The van der Waals surface area contributed by atoms with Gasteiger partial charge in [-0.3, -0.25) is 4.79 Å². The lowest BCUT2D eigenvalue weighted by atomic mass is 10.2. The Morgan fingerprint density at radius 3 is 2.44 bits per heavy atom. The van der Waals surface area contributed by atoms with Gasteiger partial charge in [-0.2, -0.15) is 13.2 Å². The Morgan fingerprint density at radius 2 is 1.78 bits per heavy atom. The normalized spacial score (nSPS) is 12.2. The smallest absolute Gasteiger partial charge is 0.416 e. The highest BCUT2D eigenvalue weighted by Gasteiger charge is 2.32. The number of carbonyl (C=O) groups is 1. The van der Waals surface area contributed by atoms with Crippen molar-refractivity contribution in [2.24, 2.45) is 0 Å². The van der Waals surface area contributed by atoms with Crippen LogP contribution in [0.3, 0.4) is 0 Å². The summed E-state index contributed by atoms with van der Waals surface area (Å²) >= 11 is 1.22. The molecule has 5 nitrogen and oxygen atoms in total. The number of thioether (sulfide) groups is 1. The molecule has 0 aromatic heterocycles. The summed E-state index contributed by atoms with van der Waals surface area (Å²) in [6, 6.07) is 13.5. The van der Waals surface area contributed by atoms with E-state index in [9.17, 15) is 22.4 Å². The Balaban J connectivity index is 1.64. The van der Waals surface area contributed by atoms with E-state index in [0.717, 1.165) is 34.7 Å². The maximum Gasteiger partial charge on any atom is 0.416 e. The molecular formula is C26H24F4O5S. The van der Waals surface area contributed by atoms with E-state index in [1.165, 1.54) is 30.0 Å². The molecular weight excluding hydrogens is 500 g/mol. The summed E-state index contributed by atoms with van der Waals surface area (Å²) in [5.41, 5.74) is -0.0692. The molecule has 0 bridgehead atoms. The van der Waals surface area contributed by atoms with Crippen molar-refractivity contribution in [1.29, 1.82) is 0 Å². The fraction of sp³-hybridized carbons (Fsp3) is 0.269. The molecule has 10 heteroatoms. The molecule has 1 N–H and O–H groups in total. The van der Waals surface area contributed by atoms with Crippen LogP contribution in [0.1, 0.15) is 24.5 Å². The fourth-order valence-electron chi connectivity index (χ4n) is 3.14. The molecule has 0 fully saturated rings. The van der Waals surface area contributed by atoms with Crippen molar-refractivity contribution in [3.05, 3.63) is 77.6 Å². The Hall–Kier alpha value is -3.40. The summed E-state index contributed by atoms with van der Waals surface area (Å²) in [5, 5.41) is 8.81. The number of hydrogen-bond donors (Lipinski definition) is 1. The molecule has 0 unspecified atom stereocenters. The number of halogens is 4. The van der Waals surface area contributed by atoms with Crippen LogP contribution in [0.15, 0.2) is 65.6 Å². The van der Waals surface area contributed by atoms with E-state index in [4.69, 9.17) is 19.3 Å². The van der Waals surface area contributed by atoms with Gasteiger partial charge in [-0.25, -0.2) is 4.39 Å². The van der Waals surface area contributed by atoms with Gasteiger partial charge >= 0.3 is 12.1 Å². The molecule has 0 aliphatic carbocycles. The van der Waals surface area contributed by atoms with Gasteiger partial charge in [-0.05, 0) is 67.9 Å². The summed E-state index contributed by atoms with van der Waals surface area (Å²) in [5.74, 6) is -1.51. The SMILES string of the molecule is Cc1cc(OCC[C@@H](C)Oc2ccc(C(F)(F)F)cc2Oc2ccccc2F)ccc1SCC(=O)O. The standard InChI is InChI=1S/C26H24F4O5S/c1-16-13-19(8-10-24(16)36-15-25(31)32)33-12-11-17(2)34-22-9-7-18(26(28,29)30)14-23(22)35-21-6-4-3-5-20(21)27/h3-10,13-14,17H,11-12,15H2,1-2H3,(H,31,32)/t17-/m1/s1. The molecule has 3 aromatic carbocycles. The van der Waals surface area contributed by atoms with Crippen LogP contribution in [0, 0.1) is 12.7 Å². The maximum absolute atomic E-state index is 14.0. The highest BCUT2D eigenvalue weighted by atomic mass is 32.2. The predicted octanol–water partition coefficient (Wildman–Crippen LogP) is 7.36. The average molecular weight is 525 g/mol. The van der Waals surface area contributed by atoms with Crippen LogP contribution < -0.4 is 14.2 Å². The third-order valence-electron chi connectivity index (χ3n) is 4.95. The molecule has 0 saturated carbocycles. The molecule has 0 heterocycles. The van der Waals surface area contributed by atoms with Crippen molar-refractivity contribution >= 4 is 17.7 Å². The average Bonchev–Trinajstić information content (AvgIpc) is 2.80. The monoisotopic (exact) mass is 524 g/mol. The van der Waals surface area contributed by atoms with Gasteiger partial charge in [0.25, 0.3) is 0 Å². The summed E-state index contributed by atoms with van der Waals surface area (Å²) in [6.07, 6.45) is -4.67. The van der Waals surface area contributed by atoms with E-state index in [0.29, 0.717) is 12.2 Å². The third-order valence-corrected chi connectivity index (χ3v) is 6.11. The molecule has 0 amide bonds. The Morgan fingerprint density at radius 1 is 1.03 bits per heavy atom. The van der Waals surface area contributed by atoms with Gasteiger partial charge in [0, 0.05) is 11.3 Å². The molecule has 1 atom stereocenters. The lowest BCUT2D eigenvalue weighted by molar-refractivity contribution is -0.137. The topological polar surface area (TPSA) is 65.0 Å². The number of aliphatic carboxylic acids is 1. The first-order valence-electron chi connectivity index (χ1n) is 10.9. The Kier molecular flexibility index (Phi) is 9.08. The van der Waals surface area contributed by atoms with Crippen LogP contribution in [-0.4, -0.2) is 29.5 Å². The number of aryl methyl sites for hydroxylation is 1. The zero-order valence-corrected chi connectivity index (χ0v) is 20.3. The zero-order chi connectivity index (χ0) is 26.3. The third kappa shape index (κ3) is 7.81. The van der Waals surface area contributed by atoms with Gasteiger partial charge in [-0.15, -0.1) is 11.8 Å². The number of benzene rings is 3. The summed E-state index contributed by atoms with van der Waals surface area (Å²) < 4.78 is 70.7. The number of hydrogen-bond acceptors (Lipinski definition) is 5. The number of para-hydroxylation sites is 1. The molecule has 0 aliphatic heterocycles. The van der Waals surface area contributed by atoms with E-state index in [1.807, 2.05) is 6.92 Å². The Labute approximate surface area is 210 Å². The lowest BCUT2D eigenvalue weighted by Crippen LogP contribution is -2.16. The first-order valence-corrected chi connectivity index (χ1v) is 11.9. The number of carboxylic acids is 1. The fourth-order valence-corrected chi connectivity index (χ4v) is 3.87. The van der Waals surface area contributed by atoms with E-state index in [-0.39, 0.29) is 29.6 Å². The second-order valence-corrected chi connectivity index (χ2v) is 8.88. The second-order valence-electron chi connectivity index (χ2n) is 7.87. The van der Waals surface area contributed by atoms with Crippen molar-refractivity contribution in [2.45, 2.75) is 37.4 Å². The van der Waals surface area contributed by atoms with Crippen LogP contribution in [-0.2, 0) is 11.0 Å². The first-order chi connectivity index (χ1) is 17.0. The zero-order valence-electron chi connectivity index (χ0n) is 19.5. The van der Waals surface area contributed by atoms with Gasteiger partial charge in [0.15, 0.2) is 23.1 Å². The van der Waals surface area contributed by atoms with Crippen LogP contribution in [0.4, 0.5) is 17.6 Å². The highest BCUT2D eigenvalue weighted by molar-refractivity contribution is 8.00. The van der Waals surface area contributed by atoms with Crippen molar-refractivity contribution in [3.8, 4) is 23.0 Å². The number of rotatable bonds is 11. The molecule has 3 rings (SSSR count). The molecule has 192 valence electrons. The quantitative estimate of drug-likeness (QED) is 0.209. The molecule has 0 saturated heterocycles. The number of carboxylic acid groups (broad SMARTS) is 1. The number of ether oxygens (including phenoxy) is 3. The number of alkyl halides is 3. The van der Waals surface area contributed by atoms with Crippen molar-refractivity contribution in [1.82, 2.24) is 0 Å². The minimum atomic E-state index is -4.61. The minimum Gasteiger partial charge on any atom is -0.493 e. The molecule has 0 aliphatic rings. The van der Waals surface area contributed by atoms with Gasteiger partial charge in [0.1, 0.15) is 5.75 Å². The second kappa shape index (κ2) is 12.0. The van der Waals surface area contributed by atoms with Crippen molar-refractivity contribution < 1.29 is 41.7 Å². The molecule has 3 aromatic rings. The first kappa shape index (κ1) is 27.2. The minimum absolute atomic E-state index is 0.0365. The molecule has 0 spiro atoms. The van der Waals surface area contributed by atoms with Crippen molar-refractivity contribution in [3.63, 3.8) is 0 Å². The van der Waals surface area contributed by atoms with Crippen LogP contribution in [0.5, 0.6) is 23.0 Å². The summed E-state index contributed by atoms with van der Waals surface area (Å²) in [6.45, 7) is 3.83. The summed E-state index contributed by atoms with van der Waals surface area (Å²) in [7, 11) is 0. The van der Waals surface area contributed by atoms with Gasteiger partial charge in [-0.1, -0.05) is 12.1 Å². The van der Waals surface area contributed by atoms with E-state index in [2.05, 4.69) is 0 Å². The van der Waals surface area contributed by atoms with E-state index < -0.39 is 29.6 Å². The Bertz CT molecular complexity index is 1200. The van der Waals surface area contributed by atoms with E-state index >= 15 is 0 Å². The van der Waals surface area contributed by atoms with Gasteiger partial charge in [0.2, 0.25) is 0 Å².